The van der Waals surface area contributed by atoms with Crippen LogP contribution in [-0.4, -0.2) is 23.0 Å². The Bertz CT molecular complexity index is 349. The van der Waals surface area contributed by atoms with Crippen molar-refractivity contribution in [2.24, 2.45) is 23.7 Å². The molecule has 0 spiro atoms. The van der Waals surface area contributed by atoms with Gasteiger partial charge in [-0.3, -0.25) is 9.59 Å². The zero-order valence-corrected chi connectivity index (χ0v) is 11.9. The Labute approximate surface area is 115 Å². The highest BCUT2D eigenvalue weighted by Crippen LogP contribution is 2.49. The number of nitrogens with one attached hydrogen (secondary N) is 1. The molecule has 0 radical (unpaired) electrons. The second-order valence-corrected chi connectivity index (χ2v) is 6.33. The van der Waals surface area contributed by atoms with Crippen LogP contribution in [0.15, 0.2) is 0 Å². The molecule has 4 heteroatoms. The number of aliphatic carboxylic acids is 1. The van der Waals surface area contributed by atoms with Crippen LogP contribution in [0.25, 0.3) is 0 Å². The van der Waals surface area contributed by atoms with Crippen LogP contribution in [-0.2, 0) is 9.59 Å². The summed E-state index contributed by atoms with van der Waals surface area (Å²) in [5.41, 5.74) is 0. The first-order valence-electron chi connectivity index (χ1n) is 7.54. The van der Waals surface area contributed by atoms with Gasteiger partial charge in [-0.05, 0) is 32.1 Å². The molecule has 2 fully saturated rings. The average molecular weight is 267 g/mol. The van der Waals surface area contributed by atoms with Crippen molar-refractivity contribution in [3.8, 4) is 0 Å². The van der Waals surface area contributed by atoms with Crippen LogP contribution in [0.2, 0.25) is 0 Å². The van der Waals surface area contributed by atoms with Gasteiger partial charge in [-0.1, -0.05) is 32.1 Å². The molecule has 0 aromatic carbocycles. The molecule has 0 bridgehead atoms. The molecule has 4 nitrogen and oxygen atoms in total. The van der Waals surface area contributed by atoms with Gasteiger partial charge in [0.2, 0.25) is 5.91 Å². The number of carbonyl (C=O) groups excluding carboxylic acids is 1. The van der Waals surface area contributed by atoms with E-state index in [1.165, 1.54) is 32.1 Å². The van der Waals surface area contributed by atoms with Gasteiger partial charge in [0.05, 0.1) is 5.92 Å². The number of carboxylic acids is 1. The lowest BCUT2D eigenvalue weighted by molar-refractivity contribution is -0.142. The van der Waals surface area contributed by atoms with E-state index < -0.39 is 11.9 Å². The Morgan fingerprint density at radius 1 is 1.16 bits per heavy atom. The standard InChI is InChI=1S/C15H25NO3/c1-9(15(18)19)10(2)16-14(17)13-8-12(13)11-6-4-3-5-7-11/h9-13H,3-8H2,1-2H3,(H,16,17)(H,18,19). The molecular formula is C15H25NO3. The molecular weight excluding hydrogens is 242 g/mol. The monoisotopic (exact) mass is 267 g/mol. The number of rotatable bonds is 5. The van der Waals surface area contributed by atoms with Crippen LogP contribution in [0, 0.1) is 23.7 Å². The number of carboxylic acid groups (broad SMARTS) is 1. The number of hydrogen-bond donors (Lipinski definition) is 2. The van der Waals surface area contributed by atoms with Gasteiger partial charge in [-0.15, -0.1) is 0 Å². The number of amides is 1. The third-order valence-corrected chi connectivity index (χ3v) is 4.94. The van der Waals surface area contributed by atoms with E-state index in [9.17, 15) is 9.59 Å². The highest BCUT2D eigenvalue weighted by molar-refractivity contribution is 5.82. The fraction of sp³-hybridized carbons (Fsp3) is 0.867. The van der Waals surface area contributed by atoms with Gasteiger partial charge < -0.3 is 10.4 Å². The Morgan fingerprint density at radius 3 is 2.37 bits per heavy atom. The molecule has 4 unspecified atom stereocenters. The van der Waals surface area contributed by atoms with Crippen LogP contribution >= 0.6 is 0 Å². The van der Waals surface area contributed by atoms with Crippen molar-refractivity contribution in [2.75, 3.05) is 0 Å². The summed E-state index contributed by atoms with van der Waals surface area (Å²) >= 11 is 0. The molecule has 0 aromatic rings. The van der Waals surface area contributed by atoms with Crippen molar-refractivity contribution in [1.82, 2.24) is 5.32 Å². The third-order valence-electron chi connectivity index (χ3n) is 4.94. The zero-order chi connectivity index (χ0) is 14.0. The molecule has 1 amide bonds. The maximum atomic E-state index is 12.1. The van der Waals surface area contributed by atoms with Crippen molar-refractivity contribution < 1.29 is 14.7 Å². The summed E-state index contributed by atoms with van der Waals surface area (Å²) < 4.78 is 0. The molecule has 2 saturated carbocycles. The molecule has 2 N–H and O–H groups in total. The van der Waals surface area contributed by atoms with Crippen molar-refractivity contribution in [2.45, 2.75) is 58.4 Å². The highest BCUT2D eigenvalue weighted by atomic mass is 16.4. The van der Waals surface area contributed by atoms with E-state index in [1.54, 1.807) is 13.8 Å². The fourth-order valence-corrected chi connectivity index (χ4v) is 3.27. The molecule has 0 aliphatic heterocycles. The van der Waals surface area contributed by atoms with Gasteiger partial charge >= 0.3 is 5.97 Å². The van der Waals surface area contributed by atoms with E-state index in [0.717, 1.165) is 12.3 Å². The van der Waals surface area contributed by atoms with Gasteiger partial charge in [0.25, 0.3) is 0 Å². The molecule has 0 saturated heterocycles. The lowest BCUT2D eigenvalue weighted by Gasteiger charge is -2.22. The second kappa shape index (κ2) is 5.93. The minimum atomic E-state index is -0.854. The predicted molar refractivity (Wildman–Crippen MR) is 72.6 cm³/mol. The highest BCUT2D eigenvalue weighted by Gasteiger charge is 2.47. The van der Waals surface area contributed by atoms with E-state index in [2.05, 4.69) is 5.32 Å². The number of carbonyl (C=O) groups is 2. The SMILES string of the molecule is CC(NC(=O)C1CC1C1CCCCC1)C(C)C(=O)O. The van der Waals surface area contributed by atoms with Gasteiger partial charge in [0.15, 0.2) is 0 Å². The maximum Gasteiger partial charge on any atom is 0.308 e. The molecule has 0 heterocycles. The Kier molecular flexibility index (Phi) is 4.48. The molecule has 4 atom stereocenters. The predicted octanol–water partition coefficient (Wildman–Crippen LogP) is 2.43. The van der Waals surface area contributed by atoms with Crippen molar-refractivity contribution in [3.63, 3.8) is 0 Å². The summed E-state index contributed by atoms with van der Waals surface area (Å²) in [5, 5.41) is 11.8. The summed E-state index contributed by atoms with van der Waals surface area (Å²) in [5.74, 6) is 0.121. The summed E-state index contributed by atoms with van der Waals surface area (Å²) in [4.78, 5) is 23.0. The summed E-state index contributed by atoms with van der Waals surface area (Å²) in [6, 6.07) is -0.294. The van der Waals surface area contributed by atoms with E-state index in [0.29, 0.717) is 5.92 Å². The minimum absolute atomic E-state index is 0.0659. The maximum absolute atomic E-state index is 12.1. The van der Waals surface area contributed by atoms with E-state index in [1.807, 2.05) is 0 Å². The molecule has 2 aliphatic rings. The summed E-state index contributed by atoms with van der Waals surface area (Å²) in [6.45, 7) is 3.41. The lowest BCUT2D eigenvalue weighted by atomic mass is 9.85. The average Bonchev–Trinajstić information content (AvgIpc) is 3.19. The van der Waals surface area contributed by atoms with Crippen molar-refractivity contribution in [3.05, 3.63) is 0 Å². The zero-order valence-electron chi connectivity index (χ0n) is 11.9. The van der Waals surface area contributed by atoms with Gasteiger partial charge in [-0.25, -0.2) is 0 Å². The van der Waals surface area contributed by atoms with Crippen LogP contribution in [0.3, 0.4) is 0 Å². The Hall–Kier alpha value is -1.06. The van der Waals surface area contributed by atoms with Crippen LogP contribution in [0.4, 0.5) is 0 Å². The Balaban J connectivity index is 1.77. The third kappa shape index (κ3) is 3.48. The minimum Gasteiger partial charge on any atom is -0.481 e. The van der Waals surface area contributed by atoms with Crippen molar-refractivity contribution in [1.29, 1.82) is 0 Å². The normalized spacial score (nSPS) is 30.4. The topological polar surface area (TPSA) is 66.4 Å². The molecule has 19 heavy (non-hydrogen) atoms. The first-order valence-corrected chi connectivity index (χ1v) is 7.54. The Morgan fingerprint density at radius 2 is 1.79 bits per heavy atom. The quantitative estimate of drug-likeness (QED) is 0.804. The van der Waals surface area contributed by atoms with Crippen LogP contribution in [0.5, 0.6) is 0 Å². The van der Waals surface area contributed by atoms with Crippen LogP contribution in [0.1, 0.15) is 52.4 Å². The summed E-state index contributed by atoms with van der Waals surface area (Å²) in [6.07, 6.45) is 7.51. The first kappa shape index (κ1) is 14.4. The van der Waals surface area contributed by atoms with Gasteiger partial charge in [-0.2, -0.15) is 0 Å². The number of hydrogen-bond acceptors (Lipinski definition) is 2. The van der Waals surface area contributed by atoms with E-state index in [-0.39, 0.29) is 17.9 Å². The molecule has 2 aliphatic carbocycles. The lowest BCUT2D eigenvalue weighted by Crippen LogP contribution is -2.41. The smallest absolute Gasteiger partial charge is 0.308 e. The largest absolute Gasteiger partial charge is 0.481 e. The second-order valence-electron chi connectivity index (χ2n) is 6.33. The van der Waals surface area contributed by atoms with Gasteiger partial charge in [0, 0.05) is 12.0 Å². The fourth-order valence-electron chi connectivity index (χ4n) is 3.27. The van der Waals surface area contributed by atoms with E-state index >= 15 is 0 Å². The molecule has 108 valence electrons. The summed E-state index contributed by atoms with van der Waals surface area (Å²) in [7, 11) is 0. The first-order chi connectivity index (χ1) is 9.00. The van der Waals surface area contributed by atoms with Crippen molar-refractivity contribution >= 4 is 11.9 Å². The van der Waals surface area contributed by atoms with Crippen LogP contribution < -0.4 is 5.32 Å². The van der Waals surface area contributed by atoms with E-state index in [4.69, 9.17) is 5.11 Å². The molecule has 0 aromatic heterocycles. The van der Waals surface area contributed by atoms with Gasteiger partial charge in [0.1, 0.15) is 0 Å². The molecule has 2 rings (SSSR count).